The average Bonchev–Trinajstić information content (AvgIpc) is 2.27. The van der Waals surface area contributed by atoms with Gasteiger partial charge in [0.15, 0.2) is 5.75 Å². The Morgan fingerprint density at radius 2 is 2.06 bits per heavy atom. The molecule has 0 fully saturated rings. The van der Waals surface area contributed by atoms with Crippen LogP contribution in [0.3, 0.4) is 0 Å². The highest BCUT2D eigenvalue weighted by Gasteiger charge is 2.25. The molecule has 16 heavy (non-hydrogen) atoms. The lowest BCUT2D eigenvalue weighted by molar-refractivity contribution is 0.0584. The molecule has 0 saturated carbocycles. The molecule has 0 aromatic carbocycles. The highest BCUT2D eigenvalue weighted by molar-refractivity contribution is 5.94. The van der Waals surface area contributed by atoms with Gasteiger partial charge in [-0.05, 0) is 0 Å². The first-order chi connectivity index (χ1) is 7.52. The highest BCUT2D eigenvalue weighted by atomic mass is 19.3. The highest BCUT2D eigenvalue weighted by Crippen LogP contribution is 2.26. The lowest BCUT2D eigenvalue weighted by Gasteiger charge is -2.10. The number of rotatable bonds is 3. The van der Waals surface area contributed by atoms with E-state index in [1.807, 2.05) is 0 Å². The van der Waals surface area contributed by atoms with E-state index < -0.39 is 34.8 Å². The Hall–Kier alpha value is -1.92. The molecule has 0 bridgehead atoms. The zero-order valence-electron chi connectivity index (χ0n) is 8.54. The third-order valence-corrected chi connectivity index (χ3v) is 1.91. The normalized spacial score (nSPS) is 10.3. The lowest BCUT2D eigenvalue weighted by atomic mass is 10.1. The second-order valence-corrected chi connectivity index (χ2v) is 2.77. The summed E-state index contributed by atoms with van der Waals surface area (Å²) in [6.45, 7) is 0. The molecule has 0 aliphatic carbocycles. The smallest absolute Gasteiger partial charge is 0.342 e. The third kappa shape index (κ3) is 2.02. The van der Waals surface area contributed by atoms with Crippen molar-refractivity contribution in [1.82, 2.24) is 4.98 Å². The van der Waals surface area contributed by atoms with Crippen molar-refractivity contribution < 1.29 is 23.0 Å². The number of esters is 1. The number of methoxy groups -OCH3 is 2. The first-order valence-electron chi connectivity index (χ1n) is 4.19. The standard InChI is InChI=1S/C9H9F2NO4/c1-15-6-5(9(14)16-2)4(7(10)11)3-12-8(6)13/h3,7H,1-2H3,(H,12,13). The maximum absolute atomic E-state index is 12.6. The van der Waals surface area contributed by atoms with Crippen molar-refractivity contribution in [3.8, 4) is 5.75 Å². The van der Waals surface area contributed by atoms with Crippen LogP contribution in [0.15, 0.2) is 11.0 Å². The SMILES string of the molecule is COC(=O)c1c(C(F)F)c[nH]c(=O)c1OC. The first kappa shape index (κ1) is 12.2. The zero-order chi connectivity index (χ0) is 12.3. The molecular weight excluding hydrogens is 224 g/mol. The topological polar surface area (TPSA) is 68.4 Å². The quantitative estimate of drug-likeness (QED) is 0.794. The van der Waals surface area contributed by atoms with Crippen LogP contribution in [0, 0.1) is 0 Å². The predicted molar refractivity (Wildman–Crippen MR) is 49.9 cm³/mol. The summed E-state index contributed by atoms with van der Waals surface area (Å²) in [5.74, 6) is -1.53. The maximum atomic E-state index is 12.6. The fraction of sp³-hybridized carbons (Fsp3) is 0.333. The Balaban J connectivity index is 3.53. The van der Waals surface area contributed by atoms with Crippen molar-refractivity contribution in [2.24, 2.45) is 0 Å². The zero-order valence-corrected chi connectivity index (χ0v) is 8.54. The van der Waals surface area contributed by atoms with E-state index in [4.69, 9.17) is 0 Å². The van der Waals surface area contributed by atoms with E-state index in [9.17, 15) is 18.4 Å². The number of nitrogens with one attached hydrogen (secondary N) is 1. The Morgan fingerprint density at radius 1 is 1.44 bits per heavy atom. The van der Waals surface area contributed by atoms with Crippen molar-refractivity contribution in [3.63, 3.8) is 0 Å². The lowest BCUT2D eigenvalue weighted by Crippen LogP contribution is -2.18. The molecule has 1 aromatic heterocycles. The van der Waals surface area contributed by atoms with Crippen LogP contribution in [0.2, 0.25) is 0 Å². The molecule has 0 aliphatic rings. The first-order valence-corrected chi connectivity index (χ1v) is 4.19. The Bertz CT molecular complexity index is 455. The van der Waals surface area contributed by atoms with Crippen LogP contribution in [-0.4, -0.2) is 25.2 Å². The number of carbonyl (C=O) groups excluding carboxylic acids is 1. The van der Waals surface area contributed by atoms with Crippen LogP contribution in [0.5, 0.6) is 5.75 Å². The fourth-order valence-corrected chi connectivity index (χ4v) is 1.21. The number of pyridine rings is 1. The predicted octanol–water partition coefficient (Wildman–Crippen LogP) is 1.11. The van der Waals surface area contributed by atoms with Crippen LogP contribution in [0.1, 0.15) is 22.3 Å². The summed E-state index contributed by atoms with van der Waals surface area (Å²) in [6, 6.07) is 0. The van der Waals surface area contributed by atoms with Gasteiger partial charge in [-0.3, -0.25) is 4.79 Å². The van der Waals surface area contributed by atoms with E-state index >= 15 is 0 Å². The minimum absolute atomic E-state index is 0.482. The van der Waals surface area contributed by atoms with Crippen molar-refractivity contribution in [2.45, 2.75) is 6.43 Å². The minimum Gasteiger partial charge on any atom is -0.490 e. The largest absolute Gasteiger partial charge is 0.490 e. The van der Waals surface area contributed by atoms with Gasteiger partial charge in [0.2, 0.25) is 0 Å². The van der Waals surface area contributed by atoms with E-state index in [1.54, 1.807) is 0 Å². The van der Waals surface area contributed by atoms with Gasteiger partial charge in [-0.2, -0.15) is 0 Å². The number of ether oxygens (including phenoxy) is 2. The molecule has 0 radical (unpaired) electrons. The number of aromatic nitrogens is 1. The minimum atomic E-state index is -2.92. The number of hydrogen-bond acceptors (Lipinski definition) is 4. The molecule has 1 heterocycles. The number of aromatic amines is 1. The number of hydrogen-bond donors (Lipinski definition) is 1. The molecule has 1 rings (SSSR count). The van der Waals surface area contributed by atoms with Crippen LogP contribution >= 0.6 is 0 Å². The van der Waals surface area contributed by atoms with Gasteiger partial charge in [0.25, 0.3) is 12.0 Å². The van der Waals surface area contributed by atoms with Gasteiger partial charge >= 0.3 is 5.97 Å². The summed E-state index contributed by atoms with van der Waals surface area (Å²) in [4.78, 5) is 24.6. The third-order valence-electron chi connectivity index (χ3n) is 1.91. The summed E-state index contributed by atoms with van der Waals surface area (Å²) < 4.78 is 34.1. The summed E-state index contributed by atoms with van der Waals surface area (Å²) >= 11 is 0. The van der Waals surface area contributed by atoms with Gasteiger partial charge in [0.1, 0.15) is 5.56 Å². The molecule has 0 aliphatic heterocycles. The number of halogens is 2. The summed E-state index contributed by atoms with van der Waals surface area (Å²) in [5, 5.41) is 0. The van der Waals surface area contributed by atoms with Crippen LogP contribution < -0.4 is 10.3 Å². The van der Waals surface area contributed by atoms with E-state index in [1.165, 1.54) is 0 Å². The summed E-state index contributed by atoms with van der Waals surface area (Å²) in [6.07, 6.45) is -2.15. The van der Waals surface area contributed by atoms with Gasteiger partial charge in [0, 0.05) is 6.20 Å². The van der Waals surface area contributed by atoms with Gasteiger partial charge in [-0.25, -0.2) is 13.6 Å². The van der Waals surface area contributed by atoms with Gasteiger partial charge in [-0.1, -0.05) is 0 Å². The van der Waals surface area contributed by atoms with Gasteiger partial charge in [0.05, 0.1) is 19.8 Å². The van der Waals surface area contributed by atoms with Crippen molar-refractivity contribution in [1.29, 1.82) is 0 Å². The summed E-state index contributed by atoms with van der Waals surface area (Å²) in [5.41, 5.74) is -1.96. The van der Waals surface area contributed by atoms with Crippen molar-refractivity contribution in [3.05, 3.63) is 27.7 Å². The maximum Gasteiger partial charge on any atom is 0.342 e. The molecule has 0 spiro atoms. The van der Waals surface area contributed by atoms with Gasteiger partial charge in [-0.15, -0.1) is 0 Å². The second kappa shape index (κ2) is 4.73. The van der Waals surface area contributed by atoms with Crippen molar-refractivity contribution >= 4 is 5.97 Å². The molecule has 5 nitrogen and oxygen atoms in total. The van der Waals surface area contributed by atoms with E-state index in [0.717, 1.165) is 20.4 Å². The molecule has 88 valence electrons. The molecule has 1 aromatic rings. The number of carbonyl (C=O) groups is 1. The molecule has 0 amide bonds. The molecule has 7 heteroatoms. The fourth-order valence-electron chi connectivity index (χ4n) is 1.21. The van der Waals surface area contributed by atoms with Crippen LogP contribution in [-0.2, 0) is 4.74 Å². The molecule has 1 N–H and O–H groups in total. The second-order valence-electron chi connectivity index (χ2n) is 2.77. The Kier molecular flexibility index (Phi) is 3.60. The molecule has 0 saturated heterocycles. The van der Waals surface area contributed by atoms with E-state index in [2.05, 4.69) is 14.5 Å². The molecular formula is C9H9F2NO4. The van der Waals surface area contributed by atoms with Crippen LogP contribution in [0.4, 0.5) is 8.78 Å². The van der Waals surface area contributed by atoms with Crippen LogP contribution in [0.25, 0.3) is 0 Å². The van der Waals surface area contributed by atoms with E-state index in [-0.39, 0.29) is 0 Å². The summed E-state index contributed by atoms with van der Waals surface area (Å²) in [7, 11) is 2.13. The van der Waals surface area contributed by atoms with Crippen molar-refractivity contribution in [2.75, 3.05) is 14.2 Å². The van der Waals surface area contributed by atoms with Gasteiger partial charge < -0.3 is 14.5 Å². The Labute approximate surface area is 89.0 Å². The monoisotopic (exact) mass is 233 g/mol. The number of alkyl halides is 2. The molecule has 0 unspecified atom stereocenters. The van der Waals surface area contributed by atoms with E-state index in [0.29, 0.717) is 0 Å². The number of H-pyrrole nitrogens is 1. The molecule has 0 atom stereocenters. The Morgan fingerprint density at radius 3 is 2.50 bits per heavy atom. The average molecular weight is 233 g/mol.